The molecule has 6 heteroatoms. The minimum Gasteiger partial charge on any atom is -0.500 e. The van der Waals surface area contributed by atoms with Gasteiger partial charge in [0.2, 0.25) is 5.75 Å². The van der Waals surface area contributed by atoms with Gasteiger partial charge in [-0.1, -0.05) is 0 Å². The molecular weight excluding hydrogens is 191 g/mol. The van der Waals surface area contributed by atoms with E-state index in [0.717, 1.165) is 12.1 Å². The number of nitriles is 1. The van der Waals surface area contributed by atoms with Gasteiger partial charge in [0.1, 0.15) is 0 Å². The monoisotopic (exact) mass is 196 g/mol. The van der Waals surface area contributed by atoms with E-state index in [1.807, 2.05) is 0 Å². The standard InChI is InChI=1S/C8H5FN2O3/c9-6-3-5(1-2-10)4-7(8(6)12)11(13)14/h3-4,12H,1H2. The van der Waals surface area contributed by atoms with Crippen LogP contribution in [0.1, 0.15) is 5.56 Å². The molecule has 0 spiro atoms. The number of phenolic OH excluding ortho intramolecular Hbond substituents is 1. The predicted molar refractivity (Wildman–Crippen MR) is 44.0 cm³/mol. The molecule has 72 valence electrons. The molecule has 0 aliphatic rings. The number of aromatic hydroxyl groups is 1. The van der Waals surface area contributed by atoms with Gasteiger partial charge in [-0.25, -0.2) is 4.39 Å². The van der Waals surface area contributed by atoms with Crippen LogP contribution < -0.4 is 0 Å². The second-order valence-electron chi connectivity index (χ2n) is 2.54. The van der Waals surface area contributed by atoms with Crippen LogP contribution >= 0.6 is 0 Å². The first-order valence-corrected chi connectivity index (χ1v) is 3.59. The third-order valence-corrected chi connectivity index (χ3v) is 1.58. The van der Waals surface area contributed by atoms with Gasteiger partial charge in [0, 0.05) is 6.07 Å². The topological polar surface area (TPSA) is 87.2 Å². The average Bonchev–Trinajstić information content (AvgIpc) is 2.11. The van der Waals surface area contributed by atoms with Crippen LogP contribution in [-0.2, 0) is 6.42 Å². The van der Waals surface area contributed by atoms with Crippen molar-refractivity contribution in [2.24, 2.45) is 0 Å². The molecule has 0 aliphatic heterocycles. The summed E-state index contributed by atoms with van der Waals surface area (Å²) in [5, 5.41) is 27.6. The zero-order valence-corrected chi connectivity index (χ0v) is 6.90. The zero-order valence-electron chi connectivity index (χ0n) is 6.90. The maximum atomic E-state index is 12.9. The summed E-state index contributed by atoms with van der Waals surface area (Å²) in [6.45, 7) is 0. The third kappa shape index (κ3) is 1.77. The van der Waals surface area contributed by atoms with Gasteiger partial charge in [-0.15, -0.1) is 0 Å². The van der Waals surface area contributed by atoms with Gasteiger partial charge in [0.15, 0.2) is 5.82 Å². The molecule has 0 unspecified atom stereocenters. The number of hydrogen-bond donors (Lipinski definition) is 1. The SMILES string of the molecule is N#CCc1cc(F)c(O)c([N+](=O)[O-])c1. The van der Waals surface area contributed by atoms with Crippen LogP contribution in [0.3, 0.4) is 0 Å². The smallest absolute Gasteiger partial charge is 0.314 e. The Morgan fingerprint density at radius 2 is 2.29 bits per heavy atom. The third-order valence-electron chi connectivity index (χ3n) is 1.58. The quantitative estimate of drug-likeness (QED) is 0.573. The molecule has 5 nitrogen and oxygen atoms in total. The van der Waals surface area contributed by atoms with Gasteiger partial charge in [0.25, 0.3) is 0 Å². The molecule has 0 aromatic heterocycles. The van der Waals surface area contributed by atoms with E-state index in [-0.39, 0.29) is 12.0 Å². The molecule has 0 fully saturated rings. The lowest BCUT2D eigenvalue weighted by molar-refractivity contribution is -0.386. The van der Waals surface area contributed by atoms with Crippen molar-refractivity contribution in [1.82, 2.24) is 0 Å². The molecule has 0 amide bonds. The molecule has 0 heterocycles. The second-order valence-corrected chi connectivity index (χ2v) is 2.54. The molecule has 0 radical (unpaired) electrons. The number of nitro benzene ring substituents is 1. The van der Waals surface area contributed by atoms with Gasteiger partial charge in [-0.05, 0) is 11.6 Å². The number of nitrogens with zero attached hydrogens (tertiary/aromatic N) is 2. The van der Waals surface area contributed by atoms with Gasteiger partial charge in [-0.3, -0.25) is 10.1 Å². The van der Waals surface area contributed by atoms with Crippen LogP contribution in [-0.4, -0.2) is 10.0 Å². The summed E-state index contributed by atoms with van der Waals surface area (Å²) >= 11 is 0. The van der Waals surface area contributed by atoms with Crippen LogP contribution in [0.4, 0.5) is 10.1 Å². The Bertz CT molecular complexity index is 425. The number of rotatable bonds is 2. The van der Waals surface area contributed by atoms with Gasteiger partial charge >= 0.3 is 5.69 Å². The van der Waals surface area contributed by atoms with Crippen LogP contribution in [0, 0.1) is 27.3 Å². The van der Waals surface area contributed by atoms with Crippen molar-refractivity contribution in [2.45, 2.75) is 6.42 Å². The summed E-state index contributed by atoms with van der Waals surface area (Å²) in [6.07, 6.45) is -0.141. The Labute approximate surface area is 78.2 Å². The number of halogens is 1. The Balaban J connectivity index is 3.29. The largest absolute Gasteiger partial charge is 0.500 e. The van der Waals surface area contributed by atoms with Crippen molar-refractivity contribution in [3.8, 4) is 11.8 Å². The fourth-order valence-corrected chi connectivity index (χ4v) is 0.972. The maximum absolute atomic E-state index is 12.9. The summed E-state index contributed by atoms with van der Waals surface area (Å²) in [4.78, 5) is 9.42. The van der Waals surface area contributed by atoms with Crippen LogP contribution in [0.5, 0.6) is 5.75 Å². The first-order chi connectivity index (χ1) is 6.56. The minimum absolute atomic E-state index is 0.141. The lowest BCUT2D eigenvalue weighted by Crippen LogP contribution is -1.93. The molecule has 1 N–H and O–H groups in total. The zero-order chi connectivity index (χ0) is 10.7. The molecule has 1 aromatic carbocycles. The summed E-state index contributed by atoms with van der Waals surface area (Å²) in [5.74, 6) is -2.10. The van der Waals surface area contributed by atoms with Crippen LogP contribution in [0.2, 0.25) is 0 Å². The molecule has 1 aromatic rings. The molecule has 14 heavy (non-hydrogen) atoms. The van der Waals surface area contributed by atoms with E-state index in [9.17, 15) is 14.5 Å². The van der Waals surface area contributed by atoms with Gasteiger partial charge < -0.3 is 5.11 Å². The first kappa shape index (κ1) is 9.92. The first-order valence-electron chi connectivity index (χ1n) is 3.59. The van der Waals surface area contributed by atoms with E-state index in [0.29, 0.717) is 0 Å². The van der Waals surface area contributed by atoms with Crippen molar-refractivity contribution < 1.29 is 14.4 Å². The summed E-state index contributed by atoms with van der Waals surface area (Å²) in [5.41, 5.74) is -0.565. The number of phenols is 1. The number of nitro groups is 1. The fraction of sp³-hybridized carbons (Fsp3) is 0.125. The Kier molecular flexibility index (Phi) is 2.62. The highest BCUT2D eigenvalue weighted by molar-refractivity contribution is 5.49. The normalized spacial score (nSPS) is 9.43. The maximum Gasteiger partial charge on any atom is 0.314 e. The summed E-state index contributed by atoms with van der Waals surface area (Å²) in [7, 11) is 0. The van der Waals surface area contributed by atoms with E-state index in [1.165, 1.54) is 0 Å². The average molecular weight is 196 g/mol. The van der Waals surface area contributed by atoms with Gasteiger partial charge in [0.05, 0.1) is 17.4 Å². The van der Waals surface area contributed by atoms with Crippen molar-refractivity contribution in [3.63, 3.8) is 0 Å². The highest BCUT2D eigenvalue weighted by Gasteiger charge is 2.18. The number of benzene rings is 1. The molecule has 0 atom stereocenters. The van der Waals surface area contributed by atoms with E-state index < -0.39 is 22.2 Å². The Morgan fingerprint density at radius 1 is 1.64 bits per heavy atom. The van der Waals surface area contributed by atoms with Crippen molar-refractivity contribution >= 4 is 5.69 Å². The molecule has 0 aliphatic carbocycles. The Morgan fingerprint density at radius 3 is 2.79 bits per heavy atom. The summed E-state index contributed by atoms with van der Waals surface area (Å²) < 4.78 is 12.9. The fourth-order valence-electron chi connectivity index (χ4n) is 0.972. The Hall–Kier alpha value is -2.16. The highest BCUT2D eigenvalue weighted by Crippen LogP contribution is 2.29. The highest BCUT2D eigenvalue weighted by atomic mass is 19.1. The lowest BCUT2D eigenvalue weighted by Gasteiger charge is -1.99. The van der Waals surface area contributed by atoms with Crippen LogP contribution in [0.15, 0.2) is 12.1 Å². The van der Waals surface area contributed by atoms with E-state index in [1.54, 1.807) is 6.07 Å². The molecule has 0 saturated carbocycles. The predicted octanol–water partition coefficient (Wildman–Crippen LogP) is 1.51. The molecule has 0 saturated heterocycles. The summed E-state index contributed by atoms with van der Waals surface area (Å²) in [6, 6.07) is 3.59. The van der Waals surface area contributed by atoms with Crippen molar-refractivity contribution in [2.75, 3.05) is 0 Å². The van der Waals surface area contributed by atoms with Crippen molar-refractivity contribution in [3.05, 3.63) is 33.6 Å². The lowest BCUT2D eigenvalue weighted by atomic mass is 10.1. The second kappa shape index (κ2) is 3.70. The van der Waals surface area contributed by atoms with E-state index in [4.69, 9.17) is 10.4 Å². The molecule has 1 rings (SSSR count). The number of hydrogen-bond acceptors (Lipinski definition) is 4. The van der Waals surface area contributed by atoms with Gasteiger partial charge in [-0.2, -0.15) is 5.26 Å². The minimum atomic E-state index is -1.09. The van der Waals surface area contributed by atoms with E-state index >= 15 is 0 Å². The molecule has 0 bridgehead atoms. The van der Waals surface area contributed by atoms with Crippen molar-refractivity contribution in [1.29, 1.82) is 5.26 Å². The van der Waals surface area contributed by atoms with Crippen LogP contribution in [0.25, 0.3) is 0 Å². The van der Waals surface area contributed by atoms with E-state index in [2.05, 4.69) is 0 Å². The molecular formula is C8H5FN2O3.